The first-order valence-corrected chi connectivity index (χ1v) is 9.73. The first kappa shape index (κ1) is 17.7. The van der Waals surface area contributed by atoms with E-state index < -0.39 is 0 Å². The van der Waals surface area contributed by atoms with Gasteiger partial charge in [-0.15, -0.1) is 0 Å². The van der Waals surface area contributed by atoms with Gasteiger partial charge in [0.15, 0.2) is 17.2 Å². The van der Waals surface area contributed by atoms with Crippen LogP contribution in [0.15, 0.2) is 36.8 Å². The number of imidazole rings is 1. The zero-order valence-corrected chi connectivity index (χ0v) is 16.2. The highest BCUT2D eigenvalue weighted by atomic mass is 16.1. The van der Waals surface area contributed by atoms with Gasteiger partial charge in [0.2, 0.25) is 0 Å². The lowest BCUT2D eigenvalue weighted by Gasteiger charge is -2.11. The van der Waals surface area contributed by atoms with Gasteiger partial charge in [-0.3, -0.25) is 9.20 Å². The monoisotopic (exact) mass is 362 g/mol. The number of hydrogen-bond donors (Lipinski definition) is 1. The van der Waals surface area contributed by atoms with Crippen molar-refractivity contribution in [2.75, 3.05) is 11.9 Å². The number of nitrogens with one attached hydrogen (secondary N) is 1. The van der Waals surface area contributed by atoms with Gasteiger partial charge in [-0.2, -0.15) is 0 Å². The molecule has 0 spiro atoms. The van der Waals surface area contributed by atoms with Crippen LogP contribution in [0.3, 0.4) is 0 Å². The molecule has 0 atom stereocenters. The number of carbonyl (C=O) groups is 1. The fraction of sp³-hybridized carbons (Fsp3) is 0.409. The topological polar surface area (TPSA) is 59.3 Å². The third-order valence-electron chi connectivity index (χ3n) is 5.10. The smallest absolute Gasteiger partial charge is 0.180 e. The maximum Gasteiger partial charge on any atom is 0.180 e. The van der Waals surface area contributed by atoms with E-state index in [0.717, 1.165) is 40.4 Å². The van der Waals surface area contributed by atoms with Gasteiger partial charge < -0.3 is 5.32 Å². The van der Waals surface area contributed by atoms with Gasteiger partial charge in [0.05, 0.1) is 11.9 Å². The summed E-state index contributed by atoms with van der Waals surface area (Å²) in [7, 11) is 0. The van der Waals surface area contributed by atoms with Crippen LogP contribution in [0, 0.1) is 18.8 Å². The molecule has 0 bridgehead atoms. The van der Waals surface area contributed by atoms with Crippen LogP contribution in [0.1, 0.15) is 49.0 Å². The Morgan fingerprint density at radius 3 is 2.81 bits per heavy atom. The quantitative estimate of drug-likeness (QED) is 0.616. The molecule has 1 fully saturated rings. The third kappa shape index (κ3) is 3.72. The number of Topliss-reactive ketones (excluding diaryl/α,β-unsaturated/α-hetero) is 1. The second-order valence-corrected chi connectivity index (χ2v) is 7.99. The highest BCUT2D eigenvalue weighted by Crippen LogP contribution is 2.34. The lowest BCUT2D eigenvalue weighted by atomic mass is 9.99. The molecule has 0 saturated heterocycles. The highest BCUT2D eigenvalue weighted by molar-refractivity contribution is 5.97. The third-order valence-corrected chi connectivity index (χ3v) is 5.10. The Morgan fingerprint density at radius 2 is 2.11 bits per heavy atom. The summed E-state index contributed by atoms with van der Waals surface area (Å²) in [6, 6.07) is 6.00. The van der Waals surface area contributed by atoms with Crippen molar-refractivity contribution in [3.05, 3.63) is 47.9 Å². The molecule has 2 heterocycles. The molecule has 4 rings (SSSR count). The molecule has 1 aliphatic rings. The lowest BCUT2D eigenvalue weighted by Crippen LogP contribution is -2.10. The number of nitrogens with zero attached hydrogens (tertiary/aromatic N) is 3. The average Bonchev–Trinajstić information content (AvgIpc) is 3.35. The van der Waals surface area contributed by atoms with Gasteiger partial charge >= 0.3 is 0 Å². The molecule has 0 radical (unpaired) electrons. The number of aromatic nitrogens is 3. The van der Waals surface area contributed by atoms with Crippen molar-refractivity contribution in [3.8, 4) is 11.3 Å². The Kier molecular flexibility index (Phi) is 4.68. The molecule has 1 N–H and O–H groups in total. The van der Waals surface area contributed by atoms with E-state index in [4.69, 9.17) is 0 Å². The molecular formula is C22H26N4O. The SMILES string of the molecule is Cc1cc(C(=O)CC2CC2)ccc1-c1cnc2c(NCC(C)C)nccn12. The second kappa shape index (κ2) is 7.14. The number of hydrogen-bond acceptors (Lipinski definition) is 4. The number of carbonyl (C=O) groups excluding carboxylic acids is 1. The Balaban J connectivity index is 1.65. The zero-order chi connectivity index (χ0) is 19.0. The molecule has 1 saturated carbocycles. The number of ketones is 1. The first-order chi connectivity index (χ1) is 13.0. The van der Waals surface area contributed by atoms with Gasteiger partial charge in [0.1, 0.15) is 0 Å². The summed E-state index contributed by atoms with van der Waals surface area (Å²) in [5, 5.41) is 3.38. The van der Waals surface area contributed by atoms with Crippen LogP contribution >= 0.6 is 0 Å². The van der Waals surface area contributed by atoms with Gasteiger partial charge in [0, 0.05) is 36.5 Å². The van der Waals surface area contributed by atoms with Crippen LogP contribution < -0.4 is 5.32 Å². The summed E-state index contributed by atoms with van der Waals surface area (Å²) in [5.74, 6) is 2.20. The number of benzene rings is 1. The largest absolute Gasteiger partial charge is 0.367 e. The van der Waals surface area contributed by atoms with Crippen LogP contribution in [0.5, 0.6) is 0 Å². The number of rotatable bonds is 7. The summed E-state index contributed by atoms with van der Waals surface area (Å²) < 4.78 is 2.06. The molecule has 2 aromatic heterocycles. The molecule has 27 heavy (non-hydrogen) atoms. The van der Waals surface area contributed by atoms with Crippen molar-refractivity contribution in [2.45, 2.75) is 40.0 Å². The lowest BCUT2D eigenvalue weighted by molar-refractivity contribution is 0.0976. The number of aryl methyl sites for hydroxylation is 1. The molecule has 0 unspecified atom stereocenters. The van der Waals surface area contributed by atoms with Gasteiger partial charge in [-0.1, -0.05) is 26.0 Å². The first-order valence-electron chi connectivity index (χ1n) is 9.73. The normalized spacial score (nSPS) is 14.1. The van der Waals surface area contributed by atoms with E-state index >= 15 is 0 Å². The molecule has 0 aliphatic heterocycles. The predicted molar refractivity (Wildman–Crippen MR) is 108 cm³/mol. The number of anilines is 1. The van der Waals surface area contributed by atoms with Crippen molar-refractivity contribution >= 4 is 17.2 Å². The van der Waals surface area contributed by atoms with Crippen molar-refractivity contribution in [3.63, 3.8) is 0 Å². The minimum atomic E-state index is 0.259. The van der Waals surface area contributed by atoms with Crippen molar-refractivity contribution in [1.29, 1.82) is 0 Å². The molecule has 140 valence electrons. The number of fused-ring (bicyclic) bond motifs is 1. The minimum Gasteiger partial charge on any atom is -0.367 e. The van der Waals surface area contributed by atoms with Crippen molar-refractivity contribution < 1.29 is 4.79 Å². The summed E-state index contributed by atoms with van der Waals surface area (Å²) in [6.45, 7) is 7.24. The van der Waals surface area contributed by atoms with E-state index in [9.17, 15) is 4.79 Å². The summed E-state index contributed by atoms with van der Waals surface area (Å²) in [6.07, 6.45) is 8.70. The summed E-state index contributed by atoms with van der Waals surface area (Å²) in [4.78, 5) is 21.4. The van der Waals surface area contributed by atoms with Crippen LogP contribution in [0.4, 0.5) is 5.82 Å². The zero-order valence-electron chi connectivity index (χ0n) is 16.2. The highest BCUT2D eigenvalue weighted by Gasteiger charge is 2.25. The van der Waals surface area contributed by atoms with Crippen molar-refractivity contribution in [2.24, 2.45) is 11.8 Å². The minimum absolute atomic E-state index is 0.259. The van der Waals surface area contributed by atoms with E-state index in [1.165, 1.54) is 12.8 Å². The Morgan fingerprint density at radius 1 is 1.30 bits per heavy atom. The Hall–Kier alpha value is -2.69. The Bertz CT molecular complexity index is 985. The predicted octanol–water partition coefficient (Wildman–Crippen LogP) is 4.76. The molecule has 5 nitrogen and oxygen atoms in total. The molecule has 3 aromatic rings. The molecular weight excluding hydrogens is 336 g/mol. The van der Waals surface area contributed by atoms with Gasteiger partial charge in [-0.05, 0) is 43.2 Å². The molecule has 1 aromatic carbocycles. The van der Waals surface area contributed by atoms with Crippen LogP contribution in [0.25, 0.3) is 16.9 Å². The van der Waals surface area contributed by atoms with E-state index in [1.807, 2.05) is 30.6 Å². The summed E-state index contributed by atoms with van der Waals surface area (Å²) >= 11 is 0. The summed E-state index contributed by atoms with van der Waals surface area (Å²) in [5.41, 5.74) is 4.83. The fourth-order valence-electron chi connectivity index (χ4n) is 3.37. The molecule has 1 aliphatic carbocycles. The average molecular weight is 362 g/mol. The van der Waals surface area contributed by atoms with Crippen LogP contribution in [0.2, 0.25) is 0 Å². The second-order valence-electron chi connectivity index (χ2n) is 7.99. The molecule has 0 amide bonds. The van der Waals surface area contributed by atoms with Crippen LogP contribution in [-0.4, -0.2) is 26.7 Å². The maximum atomic E-state index is 12.4. The van der Waals surface area contributed by atoms with Crippen LogP contribution in [-0.2, 0) is 0 Å². The maximum absolute atomic E-state index is 12.4. The Labute approximate surface area is 159 Å². The van der Waals surface area contributed by atoms with E-state index in [0.29, 0.717) is 18.3 Å². The standard InChI is InChI=1S/C22H26N4O/c1-14(2)12-24-21-22-25-13-19(26(22)9-8-23-21)18-7-6-17(10-15(18)3)20(27)11-16-4-5-16/h6-10,13-14,16H,4-5,11-12H2,1-3H3,(H,23,24). The molecule has 5 heteroatoms. The van der Waals surface area contributed by atoms with Crippen molar-refractivity contribution in [1.82, 2.24) is 14.4 Å². The van der Waals surface area contributed by atoms with E-state index in [1.54, 1.807) is 6.20 Å². The van der Waals surface area contributed by atoms with E-state index in [2.05, 4.69) is 40.5 Å². The van der Waals surface area contributed by atoms with Gasteiger partial charge in [-0.25, -0.2) is 9.97 Å². The fourth-order valence-corrected chi connectivity index (χ4v) is 3.37. The van der Waals surface area contributed by atoms with E-state index in [-0.39, 0.29) is 5.78 Å². The van der Waals surface area contributed by atoms with Gasteiger partial charge in [0.25, 0.3) is 0 Å².